The molecule has 112 valence electrons. The molecule has 1 rings (SSSR count). The summed E-state index contributed by atoms with van der Waals surface area (Å²) in [4.78, 5) is 10.9. The van der Waals surface area contributed by atoms with E-state index in [4.69, 9.17) is 10.5 Å². The van der Waals surface area contributed by atoms with Crippen LogP contribution in [0.25, 0.3) is 0 Å². The SMILES string of the molecule is Cc1ccccc1OCC(O)CNC(C)(C)CC(N)=O. The number of β-amino-alcohol motifs (C(OH)–C–C–N with tert-alkyl or cyclic N) is 1. The van der Waals surface area contributed by atoms with E-state index in [9.17, 15) is 9.90 Å². The average molecular weight is 280 g/mol. The number of aryl methyl sites for hydroxylation is 1. The Morgan fingerprint density at radius 1 is 1.45 bits per heavy atom. The summed E-state index contributed by atoms with van der Waals surface area (Å²) in [5.74, 6) is 0.399. The van der Waals surface area contributed by atoms with Gasteiger partial charge in [-0.1, -0.05) is 18.2 Å². The first-order valence-corrected chi connectivity index (χ1v) is 6.70. The second-order valence-electron chi connectivity index (χ2n) is 5.64. The number of ether oxygens (including phenoxy) is 1. The molecular weight excluding hydrogens is 256 g/mol. The molecule has 4 N–H and O–H groups in total. The van der Waals surface area contributed by atoms with Crippen LogP contribution in [0.5, 0.6) is 5.75 Å². The molecule has 1 unspecified atom stereocenters. The fraction of sp³-hybridized carbons (Fsp3) is 0.533. The van der Waals surface area contributed by atoms with Gasteiger partial charge in [0, 0.05) is 18.5 Å². The van der Waals surface area contributed by atoms with Crippen LogP contribution in [0.15, 0.2) is 24.3 Å². The van der Waals surface area contributed by atoms with Crippen molar-refractivity contribution in [1.29, 1.82) is 0 Å². The van der Waals surface area contributed by atoms with Crippen LogP contribution in [-0.2, 0) is 4.79 Å². The zero-order chi connectivity index (χ0) is 15.2. The summed E-state index contributed by atoms with van der Waals surface area (Å²) in [7, 11) is 0. The van der Waals surface area contributed by atoms with Gasteiger partial charge in [0.1, 0.15) is 18.5 Å². The minimum atomic E-state index is -0.651. The van der Waals surface area contributed by atoms with Crippen molar-refractivity contribution in [3.05, 3.63) is 29.8 Å². The predicted molar refractivity (Wildman–Crippen MR) is 78.6 cm³/mol. The molecule has 1 amide bonds. The lowest BCUT2D eigenvalue weighted by Crippen LogP contribution is -2.46. The molecule has 5 heteroatoms. The Bertz CT molecular complexity index is 446. The van der Waals surface area contributed by atoms with Crippen LogP contribution >= 0.6 is 0 Å². The van der Waals surface area contributed by atoms with Crippen molar-refractivity contribution in [2.75, 3.05) is 13.2 Å². The van der Waals surface area contributed by atoms with Crippen molar-refractivity contribution in [1.82, 2.24) is 5.32 Å². The maximum atomic E-state index is 10.9. The molecule has 0 saturated heterocycles. The summed E-state index contributed by atoms with van der Waals surface area (Å²) in [5.41, 5.74) is 5.76. The Hall–Kier alpha value is -1.59. The molecule has 0 saturated carbocycles. The third kappa shape index (κ3) is 6.04. The lowest BCUT2D eigenvalue weighted by Gasteiger charge is -2.26. The van der Waals surface area contributed by atoms with Gasteiger partial charge in [-0.25, -0.2) is 0 Å². The van der Waals surface area contributed by atoms with Crippen LogP contribution in [0.4, 0.5) is 0 Å². The predicted octanol–water partition coefficient (Wildman–Crippen LogP) is 0.978. The number of aliphatic hydroxyl groups excluding tert-OH is 1. The number of hydrogen-bond donors (Lipinski definition) is 3. The average Bonchev–Trinajstić information content (AvgIpc) is 2.34. The second kappa shape index (κ2) is 7.26. The third-order valence-electron chi connectivity index (χ3n) is 2.96. The molecular formula is C15H24N2O3. The second-order valence-corrected chi connectivity index (χ2v) is 5.64. The van der Waals surface area contributed by atoms with E-state index in [1.807, 2.05) is 45.0 Å². The fourth-order valence-electron chi connectivity index (χ4n) is 1.86. The van der Waals surface area contributed by atoms with Crippen LogP contribution in [0.1, 0.15) is 25.8 Å². The molecule has 0 heterocycles. The molecule has 1 aromatic carbocycles. The highest BCUT2D eigenvalue weighted by Gasteiger charge is 2.21. The van der Waals surface area contributed by atoms with Gasteiger partial charge in [0.2, 0.25) is 5.91 Å². The van der Waals surface area contributed by atoms with Crippen LogP contribution < -0.4 is 15.8 Å². The number of rotatable bonds is 8. The standard InChI is InChI=1S/C15H24N2O3/c1-11-6-4-5-7-13(11)20-10-12(18)9-17-15(2,3)8-14(16)19/h4-7,12,17-18H,8-10H2,1-3H3,(H2,16,19). The van der Waals surface area contributed by atoms with Crippen molar-refractivity contribution < 1.29 is 14.6 Å². The number of carbonyl (C=O) groups excluding carboxylic acids is 1. The van der Waals surface area contributed by atoms with Gasteiger partial charge in [-0.05, 0) is 32.4 Å². The van der Waals surface area contributed by atoms with E-state index in [2.05, 4.69) is 5.32 Å². The van der Waals surface area contributed by atoms with Gasteiger partial charge in [-0.3, -0.25) is 4.79 Å². The number of primary amides is 1. The van der Waals surface area contributed by atoms with Crippen LogP contribution in [0, 0.1) is 6.92 Å². The third-order valence-corrected chi connectivity index (χ3v) is 2.96. The Balaban J connectivity index is 2.35. The van der Waals surface area contributed by atoms with E-state index in [0.717, 1.165) is 11.3 Å². The maximum Gasteiger partial charge on any atom is 0.219 e. The lowest BCUT2D eigenvalue weighted by molar-refractivity contribution is -0.119. The summed E-state index contributed by atoms with van der Waals surface area (Å²) < 4.78 is 5.56. The highest BCUT2D eigenvalue weighted by molar-refractivity contribution is 5.74. The largest absolute Gasteiger partial charge is 0.491 e. The van der Waals surface area contributed by atoms with Gasteiger partial charge >= 0.3 is 0 Å². The zero-order valence-corrected chi connectivity index (χ0v) is 12.3. The number of nitrogens with one attached hydrogen (secondary N) is 1. The summed E-state index contributed by atoms with van der Waals surface area (Å²) in [6.07, 6.45) is -0.431. The topological polar surface area (TPSA) is 84.6 Å². The molecule has 0 bridgehead atoms. The molecule has 5 nitrogen and oxygen atoms in total. The number of aliphatic hydroxyl groups is 1. The molecule has 1 aromatic rings. The van der Waals surface area contributed by atoms with Crippen LogP contribution in [0.2, 0.25) is 0 Å². The van der Waals surface area contributed by atoms with Crippen molar-refractivity contribution in [3.63, 3.8) is 0 Å². The number of benzene rings is 1. The molecule has 1 atom stereocenters. The molecule has 0 radical (unpaired) electrons. The Labute approximate surface area is 120 Å². The lowest BCUT2D eigenvalue weighted by atomic mass is 10.0. The summed E-state index contributed by atoms with van der Waals surface area (Å²) in [6.45, 7) is 6.23. The van der Waals surface area contributed by atoms with Gasteiger partial charge in [-0.15, -0.1) is 0 Å². The van der Waals surface area contributed by atoms with Gasteiger partial charge in [0.15, 0.2) is 0 Å². The van der Waals surface area contributed by atoms with Gasteiger partial charge in [-0.2, -0.15) is 0 Å². The normalized spacial score (nSPS) is 13.0. The summed E-state index contributed by atoms with van der Waals surface area (Å²) in [5, 5.41) is 13.0. The molecule has 20 heavy (non-hydrogen) atoms. The molecule has 0 aliphatic carbocycles. The van der Waals surface area contributed by atoms with Crippen molar-refractivity contribution in [2.24, 2.45) is 5.73 Å². The number of carbonyl (C=O) groups is 1. The molecule has 0 aromatic heterocycles. The van der Waals surface area contributed by atoms with E-state index in [-0.39, 0.29) is 18.9 Å². The van der Waals surface area contributed by atoms with E-state index in [0.29, 0.717) is 6.54 Å². The summed E-state index contributed by atoms with van der Waals surface area (Å²) >= 11 is 0. The maximum absolute atomic E-state index is 10.9. The quantitative estimate of drug-likeness (QED) is 0.662. The Morgan fingerprint density at radius 2 is 2.10 bits per heavy atom. The minimum Gasteiger partial charge on any atom is -0.491 e. The molecule has 0 aliphatic rings. The number of amides is 1. The van der Waals surface area contributed by atoms with Crippen molar-refractivity contribution in [2.45, 2.75) is 38.8 Å². The van der Waals surface area contributed by atoms with Crippen molar-refractivity contribution in [3.8, 4) is 5.75 Å². The first-order valence-electron chi connectivity index (χ1n) is 6.70. The zero-order valence-electron chi connectivity index (χ0n) is 12.3. The Kier molecular flexibility index (Phi) is 5.98. The van der Waals surface area contributed by atoms with E-state index >= 15 is 0 Å². The van der Waals surface area contributed by atoms with Crippen molar-refractivity contribution >= 4 is 5.91 Å². The monoisotopic (exact) mass is 280 g/mol. The Morgan fingerprint density at radius 3 is 2.70 bits per heavy atom. The summed E-state index contributed by atoms with van der Waals surface area (Å²) in [6, 6.07) is 7.65. The van der Waals surface area contributed by atoms with Crippen LogP contribution in [-0.4, -0.2) is 35.8 Å². The molecule has 0 fully saturated rings. The minimum absolute atomic E-state index is 0.199. The van der Waals surface area contributed by atoms with Gasteiger partial charge in [0.05, 0.1) is 0 Å². The molecule has 0 spiro atoms. The first-order chi connectivity index (χ1) is 9.30. The number of nitrogens with two attached hydrogens (primary N) is 1. The van der Waals surface area contributed by atoms with E-state index < -0.39 is 11.6 Å². The highest BCUT2D eigenvalue weighted by Crippen LogP contribution is 2.16. The first kappa shape index (κ1) is 16.5. The van der Waals surface area contributed by atoms with E-state index in [1.165, 1.54) is 0 Å². The van der Waals surface area contributed by atoms with Gasteiger partial charge < -0.3 is 20.9 Å². The van der Waals surface area contributed by atoms with Gasteiger partial charge in [0.25, 0.3) is 0 Å². The number of hydrogen-bond acceptors (Lipinski definition) is 4. The van der Waals surface area contributed by atoms with Crippen LogP contribution in [0.3, 0.4) is 0 Å². The number of para-hydroxylation sites is 1. The van der Waals surface area contributed by atoms with E-state index in [1.54, 1.807) is 0 Å². The fourth-order valence-corrected chi connectivity index (χ4v) is 1.86. The highest BCUT2D eigenvalue weighted by atomic mass is 16.5. The molecule has 0 aliphatic heterocycles. The smallest absolute Gasteiger partial charge is 0.219 e.